The minimum atomic E-state index is -0.0331. The first-order valence-electron chi connectivity index (χ1n) is 6.76. The van der Waals surface area contributed by atoms with Crippen LogP contribution in [-0.4, -0.2) is 61.7 Å². The Balaban J connectivity index is 2.33. The molecule has 0 aliphatic carbocycles. The Bertz CT molecular complexity index is 240. The van der Waals surface area contributed by atoms with Gasteiger partial charge in [0.1, 0.15) is 6.04 Å². The predicted molar refractivity (Wildman–Crippen MR) is 70.8 cm³/mol. The number of rotatable bonds is 6. The molecule has 1 fully saturated rings. The Labute approximate surface area is 106 Å². The molecule has 1 unspecified atom stereocenters. The van der Waals surface area contributed by atoms with E-state index in [1.807, 2.05) is 6.92 Å². The highest BCUT2D eigenvalue weighted by Crippen LogP contribution is 2.15. The number of likely N-dealkylation sites (tertiary alicyclic amines) is 1. The van der Waals surface area contributed by atoms with Crippen LogP contribution in [0.5, 0.6) is 0 Å². The van der Waals surface area contributed by atoms with Crippen LogP contribution in [0.4, 0.5) is 0 Å². The van der Waals surface area contributed by atoms with E-state index >= 15 is 0 Å². The van der Waals surface area contributed by atoms with Gasteiger partial charge in [0, 0.05) is 12.6 Å². The maximum absolute atomic E-state index is 9.04. The van der Waals surface area contributed by atoms with Crippen molar-refractivity contribution in [3.63, 3.8) is 0 Å². The molecule has 1 rings (SSSR count). The predicted octanol–water partition coefficient (Wildman–Crippen LogP) is 0.904. The number of hydrogen-bond donors (Lipinski definition) is 1. The van der Waals surface area contributed by atoms with Crippen molar-refractivity contribution in [2.24, 2.45) is 0 Å². The average molecular weight is 238 g/mol. The first kappa shape index (κ1) is 14.4. The fourth-order valence-corrected chi connectivity index (χ4v) is 2.51. The fraction of sp³-hybridized carbons (Fsp3) is 0.923. The van der Waals surface area contributed by atoms with Gasteiger partial charge < -0.3 is 15.1 Å². The second kappa shape index (κ2) is 7.65. The summed E-state index contributed by atoms with van der Waals surface area (Å²) in [5.74, 6) is 0. The van der Waals surface area contributed by atoms with E-state index in [2.05, 4.69) is 35.2 Å². The van der Waals surface area contributed by atoms with Gasteiger partial charge in [-0.1, -0.05) is 13.8 Å². The van der Waals surface area contributed by atoms with E-state index < -0.39 is 0 Å². The molecule has 4 heteroatoms. The van der Waals surface area contributed by atoms with Gasteiger partial charge in [-0.25, -0.2) is 0 Å². The molecule has 0 spiro atoms. The summed E-state index contributed by atoms with van der Waals surface area (Å²) in [6, 6.07) is 2.94. The van der Waals surface area contributed by atoms with Gasteiger partial charge in [-0.05, 0) is 46.1 Å². The summed E-state index contributed by atoms with van der Waals surface area (Å²) in [4.78, 5) is 4.85. The maximum atomic E-state index is 9.04. The molecule has 0 radical (unpaired) electrons. The number of likely N-dealkylation sites (N-methyl/N-ethyl adjacent to an activating group) is 2. The molecule has 1 aliphatic heterocycles. The van der Waals surface area contributed by atoms with E-state index in [4.69, 9.17) is 5.26 Å². The van der Waals surface area contributed by atoms with Crippen molar-refractivity contribution < 1.29 is 0 Å². The van der Waals surface area contributed by atoms with Gasteiger partial charge in [0.2, 0.25) is 0 Å². The highest BCUT2D eigenvalue weighted by molar-refractivity contribution is 4.93. The third kappa shape index (κ3) is 4.63. The van der Waals surface area contributed by atoms with Gasteiger partial charge in [-0.3, -0.25) is 0 Å². The SMILES string of the molecule is CCNC(C#N)CN(C)C1CCN(CC)CC1. The lowest BCUT2D eigenvalue weighted by atomic mass is 10.0. The number of piperidine rings is 1. The number of hydrogen-bond acceptors (Lipinski definition) is 4. The summed E-state index contributed by atoms with van der Waals surface area (Å²) >= 11 is 0. The minimum Gasteiger partial charge on any atom is -0.303 e. The molecular formula is C13H26N4. The molecule has 0 aromatic rings. The van der Waals surface area contributed by atoms with Crippen LogP contribution < -0.4 is 5.32 Å². The van der Waals surface area contributed by atoms with Crippen molar-refractivity contribution in [1.82, 2.24) is 15.1 Å². The van der Waals surface area contributed by atoms with Crippen molar-refractivity contribution in [3.05, 3.63) is 0 Å². The van der Waals surface area contributed by atoms with Crippen LogP contribution >= 0.6 is 0 Å². The van der Waals surface area contributed by atoms with Crippen molar-refractivity contribution >= 4 is 0 Å². The second-order valence-corrected chi connectivity index (χ2v) is 4.84. The van der Waals surface area contributed by atoms with Crippen molar-refractivity contribution in [2.75, 3.05) is 39.8 Å². The van der Waals surface area contributed by atoms with Crippen LogP contribution in [0, 0.1) is 11.3 Å². The molecule has 1 N–H and O–H groups in total. The summed E-state index contributed by atoms with van der Waals surface area (Å²) < 4.78 is 0. The molecule has 1 aliphatic rings. The molecular weight excluding hydrogens is 212 g/mol. The van der Waals surface area contributed by atoms with E-state index in [1.54, 1.807) is 0 Å². The van der Waals surface area contributed by atoms with Gasteiger partial charge in [-0.15, -0.1) is 0 Å². The third-order valence-corrected chi connectivity index (χ3v) is 3.70. The van der Waals surface area contributed by atoms with Crippen LogP contribution in [0.3, 0.4) is 0 Å². The molecule has 0 aromatic carbocycles. The Hall–Kier alpha value is -0.630. The van der Waals surface area contributed by atoms with Crippen molar-refractivity contribution in [2.45, 2.75) is 38.8 Å². The quantitative estimate of drug-likeness (QED) is 0.747. The summed E-state index contributed by atoms with van der Waals surface area (Å²) in [7, 11) is 2.15. The topological polar surface area (TPSA) is 42.3 Å². The Kier molecular flexibility index (Phi) is 6.49. The number of nitrogens with one attached hydrogen (secondary N) is 1. The summed E-state index contributed by atoms with van der Waals surface area (Å²) in [5, 5.41) is 12.2. The van der Waals surface area contributed by atoms with Crippen LogP contribution in [0.15, 0.2) is 0 Å². The molecule has 1 heterocycles. The van der Waals surface area contributed by atoms with Crippen LogP contribution in [0.25, 0.3) is 0 Å². The number of nitriles is 1. The Morgan fingerprint density at radius 3 is 2.53 bits per heavy atom. The fourth-order valence-electron chi connectivity index (χ4n) is 2.51. The largest absolute Gasteiger partial charge is 0.303 e. The molecule has 98 valence electrons. The van der Waals surface area contributed by atoms with Gasteiger partial charge in [0.15, 0.2) is 0 Å². The smallest absolute Gasteiger partial charge is 0.108 e. The zero-order chi connectivity index (χ0) is 12.7. The number of nitrogens with zero attached hydrogens (tertiary/aromatic N) is 3. The molecule has 0 amide bonds. The first-order chi connectivity index (χ1) is 8.21. The van der Waals surface area contributed by atoms with Crippen molar-refractivity contribution in [1.29, 1.82) is 5.26 Å². The van der Waals surface area contributed by atoms with E-state index in [9.17, 15) is 0 Å². The van der Waals surface area contributed by atoms with E-state index in [0.717, 1.165) is 19.6 Å². The molecule has 0 bridgehead atoms. The molecule has 4 nitrogen and oxygen atoms in total. The molecule has 1 atom stereocenters. The van der Waals surface area contributed by atoms with Crippen LogP contribution in [0.2, 0.25) is 0 Å². The molecule has 1 saturated heterocycles. The van der Waals surface area contributed by atoms with E-state index in [-0.39, 0.29) is 6.04 Å². The zero-order valence-corrected chi connectivity index (χ0v) is 11.4. The lowest BCUT2D eigenvalue weighted by Gasteiger charge is -2.37. The van der Waals surface area contributed by atoms with E-state index in [0.29, 0.717) is 6.04 Å². The van der Waals surface area contributed by atoms with Crippen molar-refractivity contribution in [3.8, 4) is 6.07 Å². The normalized spacial score (nSPS) is 20.4. The lowest BCUT2D eigenvalue weighted by molar-refractivity contribution is 0.128. The zero-order valence-electron chi connectivity index (χ0n) is 11.4. The second-order valence-electron chi connectivity index (χ2n) is 4.84. The highest BCUT2D eigenvalue weighted by atomic mass is 15.2. The van der Waals surface area contributed by atoms with Gasteiger partial charge >= 0.3 is 0 Å². The lowest BCUT2D eigenvalue weighted by Crippen LogP contribution is -2.47. The van der Waals surface area contributed by atoms with E-state index in [1.165, 1.54) is 25.9 Å². The minimum absolute atomic E-state index is 0.0331. The monoisotopic (exact) mass is 238 g/mol. The van der Waals surface area contributed by atoms with Crippen LogP contribution in [0.1, 0.15) is 26.7 Å². The third-order valence-electron chi connectivity index (χ3n) is 3.70. The molecule has 0 aromatic heterocycles. The van der Waals surface area contributed by atoms with Gasteiger partial charge in [0.05, 0.1) is 6.07 Å². The van der Waals surface area contributed by atoms with Gasteiger partial charge in [0.25, 0.3) is 0 Å². The molecule has 0 saturated carbocycles. The maximum Gasteiger partial charge on any atom is 0.108 e. The first-order valence-corrected chi connectivity index (χ1v) is 6.76. The molecule has 17 heavy (non-hydrogen) atoms. The summed E-state index contributed by atoms with van der Waals surface area (Å²) in [6.45, 7) is 9.52. The Morgan fingerprint density at radius 2 is 2.06 bits per heavy atom. The Morgan fingerprint density at radius 1 is 1.41 bits per heavy atom. The summed E-state index contributed by atoms with van der Waals surface area (Å²) in [5.41, 5.74) is 0. The highest BCUT2D eigenvalue weighted by Gasteiger charge is 2.23. The standard InChI is InChI=1S/C13H26N4/c1-4-15-12(10-14)11-16(3)13-6-8-17(5-2)9-7-13/h12-13,15H,4-9,11H2,1-3H3. The van der Waals surface area contributed by atoms with Crippen LogP contribution in [-0.2, 0) is 0 Å². The van der Waals surface area contributed by atoms with Gasteiger partial charge in [-0.2, -0.15) is 5.26 Å². The summed E-state index contributed by atoms with van der Waals surface area (Å²) in [6.07, 6.45) is 2.46. The average Bonchev–Trinajstić information content (AvgIpc) is 2.38.